The molecule has 0 unspecified atom stereocenters. The molecule has 2 aromatic heterocycles. The first kappa shape index (κ1) is 21.1. The number of nitrogens with zero attached hydrogens (tertiary/aromatic N) is 4. The molecule has 6 nitrogen and oxygen atoms in total. The van der Waals surface area contributed by atoms with Gasteiger partial charge in [-0.05, 0) is 48.9 Å². The third-order valence-electron chi connectivity index (χ3n) is 5.30. The van der Waals surface area contributed by atoms with E-state index in [1.807, 2.05) is 60.0 Å². The zero-order valence-corrected chi connectivity index (χ0v) is 18.6. The Kier molecular flexibility index (Phi) is 5.75. The molecular formula is C25H20FN5OS. The summed E-state index contributed by atoms with van der Waals surface area (Å²) >= 11 is 1.46. The number of H-pyrrole nitrogens is 1. The normalized spacial score (nSPS) is 12.2. The molecule has 0 saturated heterocycles. The second-order valence-corrected chi connectivity index (χ2v) is 8.92. The molecule has 1 N–H and O–H groups in total. The van der Waals surface area contributed by atoms with Gasteiger partial charge in [0.1, 0.15) is 11.6 Å². The van der Waals surface area contributed by atoms with Crippen LogP contribution in [0.15, 0.2) is 88.8 Å². The SMILES string of the molecule is C[C@@H](Sc1nnc(-c2ccc(F)cc2)n1Cc1ccccc1)c1nc2ccccc2c(=O)[nH]1. The van der Waals surface area contributed by atoms with Gasteiger partial charge in [0.25, 0.3) is 5.56 Å². The van der Waals surface area contributed by atoms with Gasteiger partial charge in [0.2, 0.25) is 0 Å². The minimum Gasteiger partial charge on any atom is -0.309 e. The number of aromatic nitrogens is 5. The van der Waals surface area contributed by atoms with E-state index in [-0.39, 0.29) is 16.6 Å². The van der Waals surface area contributed by atoms with E-state index in [1.165, 1.54) is 23.9 Å². The Bertz CT molecular complexity index is 1460. The Morgan fingerprint density at radius 3 is 2.48 bits per heavy atom. The Morgan fingerprint density at radius 1 is 0.970 bits per heavy atom. The monoisotopic (exact) mass is 457 g/mol. The molecular weight excluding hydrogens is 437 g/mol. The number of hydrogen-bond acceptors (Lipinski definition) is 5. The predicted octanol–water partition coefficient (Wildman–Crippen LogP) is 5.22. The maximum atomic E-state index is 13.5. The van der Waals surface area contributed by atoms with E-state index in [1.54, 1.807) is 18.2 Å². The fraction of sp³-hybridized carbons (Fsp3) is 0.120. The van der Waals surface area contributed by atoms with Crippen molar-refractivity contribution in [2.24, 2.45) is 0 Å². The van der Waals surface area contributed by atoms with Crippen molar-refractivity contribution in [2.75, 3.05) is 0 Å². The van der Waals surface area contributed by atoms with Crippen LogP contribution >= 0.6 is 11.8 Å². The third kappa shape index (κ3) is 4.42. The minimum absolute atomic E-state index is 0.166. The lowest BCUT2D eigenvalue weighted by Gasteiger charge is -2.14. The number of benzene rings is 3. The highest BCUT2D eigenvalue weighted by atomic mass is 32.2. The Labute approximate surface area is 193 Å². The van der Waals surface area contributed by atoms with Crippen LogP contribution in [0.1, 0.15) is 23.6 Å². The first-order chi connectivity index (χ1) is 16.1. The second kappa shape index (κ2) is 8.99. The smallest absolute Gasteiger partial charge is 0.258 e. The number of aromatic amines is 1. The molecule has 0 spiro atoms. The van der Waals surface area contributed by atoms with E-state index >= 15 is 0 Å². The number of halogens is 1. The van der Waals surface area contributed by atoms with Crippen LogP contribution < -0.4 is 5.56 Å². The summed E-state index contributed by atoms with van der Waals surface area (Å²) in [5.74, 6) is 0.914. The molecule has 164 valence electrons. The lowest BCUT2D eigenvalue weighted by molar-refractivity contribution is 0.628. The summed E-state index contributed by atoms with van der Waals surface area (Å²) < 4.78 is 15.5. The van der Waals surface area contributed by atoms with Crippen molar-refractivity contribution in [2.45, 2.75) is 23.9 Å². The first-order valence-electron chi connectivity index (χ1n) is 10.5. The lowest BCUT2D eigenvalue weighted by atomic mass is 10.2. The molecule has 3 aromatic carbocycles. The van der Waals surface area contributed by atoms with Crippen LogP contribution in [0.3, 0.4) is 0 Å². The highest BCUT2D eigenvalue weighted by Gasteiger charge is 2.20. The van der Waals surface area contributed by atoms with Gasteiger partial charge in [-0.25, -0.2) is 9.37 Å². The highest BCUT2D eigenvalue weighted by molar-refractivity contribution is 7.99. The zero-order chi connectivity index (χ0) is 22.8. The van der Waals surface area contributed by atoms with Gasteiger partial charge >= 0.3 is 0 Å². The maximum absolute atomic E-state index is 13.5. The first-order valence-corrected chi connectivity index (χ1v) is 11.3. The van der Waals surface area contributed by atoms with E-state index in [4.69, 9.17) is 0 Å². The van der Waals surface area contributed by atoms with Crippen LogP contribution in [-0.4, -0.2) is 24.7 Å². The fourth-order valence-corrected chi connectivity index (χ4v) is 4.51. The van der Waals surface area contributed by atoms with Crippen LogP contribution in [0, 0.1) is 5.82 Å². The summed E-state index contributed by atoms with van der Waals surface area (Å²) in [5.41, 5.74) is 2.35. The molecule has 1 atom stereocenters. The summed E-state index contributed by atoms with van der Waals surface area (Å²) in [6.07, 6.45) is 0. The van der Waals surface area contributed by atoms with Crippen LogP contribution in [-0.2, 0) is 6.54 Å². The molecule has 0 radical (unpaired) electrons. The molecule has 0 aliphatic heterocycles. The molecule has 0 bridgehead atoms. The van der Waals surface area contributed by atoms with Crippen molar-refractivity contribution in [3.63, 3.8) is 0 Å². The van der Waals surface area contributed by atoms with Crippen molar-refractivity contribution >= 4 is 22.7 Å². The van der Waals surface area contributed by atoms with Gasteiger partial charge in [0, 0.05) is 5.56 Å². The number of thioether (sulfide) groups is 1. The van der Waals surface area contributed by atoms with Gasteiger partial charge in [0.15, 0.2) is 11.0 Å². The Balaban J connectivity index is 1.52. The fourth-order valence-electron chi connectivity index (χ4n) is 3.61. The van der Waals surface area contributed by atoms with Crippen LogP contribution in [0.4, 0.5) is 4.39 Å². The van der Waals surface area contributed by atoms with E-state index < -0.39 is 0 Å². The minimum atomic E-state index is -0.303. The number of fused-ring (bicyclic) bond motifs is 1. The summed E-state index contributed by atoms with van der Waals surface area (Å²) in [6, 6.07) is 23.5. The molecule has 33 heavy (non-hydrogen) atoms. The molecule has 2 heterocycles. The van der Waals surface area contributed by atoms with E-state index in [9.17, 15) is 9.18 Å². The van der Waals surface area contributed by atoms with Crippen LogP contribution in [0.5, 0.6) is 0 Å². The number of rotatable bonds is 6. The Morgan fingerprint density at radius 2 is 1.70 bits per heavy atom. The maximum Gasteiger partial charge on any atom is 0.258 e. The molecule has 5 aromatic rings. The van der Waals surface area contributed by atoms with Crippen molar-refractivity contribution in [3.05, 3.63) is 106 Å². The average molecular weight is 458 g/mol. The molecule has 5 rings (SSSR count). The lowest BCUT2D eigenvalue weighted by Crippen LogP contribution is -2.13. The number of nitrogens with one attached hydrogen (secondary N) is 1. The van der Waals surface area contributed by atoms with Gasteiger partial charge in [0.05, 0.1) is 22.7 Å². The average Bonchev–Trinajstić information content (AvgIpc) is 3.22. The van der Waals surface area contributed by atoms with Gasteiger partial charge in [-0.2, -0.15) is 0 Å². The molecule has 8 heteroatoms. The summed E-state index contributed by atoms with van der Waals surface area (Å²) in [5, 5.41) is 9.89. The topological polar surface area (TPSA) is 76.5 Å². The standard InChI is InChI=1S/C25H20FN5OS/c1-16(22-27-21-10-6-5-9-20(21)24(32)28-22)33-25-30-29-23(18-11-13-19(26)14-12-18)31(25)15-17-7-3-2-4-8-17/h2-14,16H,15H2,1H3,(H,27,28,32)/t16-/m1/s1. The highest BCUT2D eigenvalue weighted by Crippen LogP contribution is 2.34. The quantitative estimate of drug-likeness (QED) is 0.354. The number of hydrogen-bond donors (Lipinski definition) is 1. The Hall–Kier alpha value is -3.78. The van der Waals surface area contributed by atoms with E-state index in [2.05, 4.69) is 20.2 Å². The van der Waals surface area contributed by atoms with E-state index in [0.717, 1.165) is 11.1 Å². The van der Waals surface area contributed by atoms with Gasteiger partial charge < -0.3 is 4.98 Å². The van der Waals surface area contributed by atoms with Crippen LogP contribution in [0.25, 0.3) is 22.3 Å². The van der Waals surface area contributed by atoms with Crippen molar-refractivity contribution in [3.8, 4) is 11.4 Å². The van der Waals surface area contributed by atoms with E-state index in [0.29, 0.717) is 34.3 Å². The molecule has 0 amide bonds. The van der Waals surface area contributed by atoms with Gasteiger partial charge in [-0.3, -0.25) is 9.36 Å². The van der Waals surface area contributed by atoms with Crippen molar-refractivity contribution in [1.29, 1.82) is 0 Å². The second-order valence-electron chi connectivity index (χ2n) is 7.61. The van der Waals surface area contributed by atoms with Crippen molar-refractivity contribution in [1.82, 2.24) is 24.7 Å². The molecule has 0 aliphatic carbocycles. The molecule has 0 saturated carbocycles. The predicted molar refractivity (Wildman–Crippen MR) is 128 cm³/mol. The summed E-state index contributed by atoms with van der Waals surface area (Å²) in [4.78, 5) is 20.1. The zero-order valence-electron chi connectivity index (χ0n) is 17.8. The van der Waals surface area contributed by atoms with Crippen molar-refractivity contribution < 1.29 is 4.39 Å². The molecule has 0 aliphatic rings. The summed E-state index contributed by atoms with van der Waals surface area (Å²) in [7, 11) is 0. The third-order valence-corrected chi connectivity index (χ3v) is 6.39. The number of para-hydroxylation sites is 1. The molecule has 0 fully saturated rings. The van der Waals surface area contributed by atoms with Crippen LogP contribution in [0.2, 0.25) is 0 Å². The van der Waals surface area contributed by atoms with Gasteiger partial charge in [-0.1, -0.05) is 54.2 Å². The van der Waals surface area contributed by atoms with Gasteiger partial charge in [-0.15, -0.1) is 10.2 Å². The largest absolute Gasteiger partial charge is 0.309 e. The summed E-state index contributed by atoms with van der Waals surface area (Å²) in [6.45, 7) is 2.52.